The number of carbonyl (C=O) groups is 1. The molecule has 0 aliphatic carbocycles. The van der Waals surface area contributed by atoms with E-state index in [0.29, 0.717) is 0 Å². The van der Waals surface area contributed by atoms with Crippen molar-refractivity contribution >= 4 is 11.7 Å². The number of non-ortho nitro benzene ring substituents is 1. The van der Waals surface area contributed by atoms with Crippen LogP contribution in [0.2, 0.25) is 0 Å². The number of unbranched alkanes of at least 4 members (excludes halogenated alkanes) is 12. The lowest BCUT2D eigenvalue weighted by Crippen LogP contribution is -2.60. The Labute approximate surface area is 225 Å². The number of benzene rings is 1. The number of nitro benzene ring substituents is 1. The van der Waals surface area contributed by atoms with E-state index in [-0.39, 0.29) is 24.5 Å². The molecular weight excluding hydrogens is 494 g/mol. The zero-order valence-electron chi connectivity index (χ0n) is 22.5. The summed E-state index contributed by atoms with van der Waals surface area (Å²) in [5.41, 5.74) is -0.133. The molecular formula is C28H45NO9. The van der Waals surface area contributed by atoms with Crippen molar-refractivity contribution in [3.05, 3.63) is 34.4 Å². The number of aliphatic hydroxyl groups excluding tert-OH is 3. The Hall–Kier alpha value is -2.27. The summed E-state index contributed by atoms with van der Waals surface area (Å²) in [7, 11) is 0. The van der Waals surface area contributed by atoms with Gasteiger partial charge in [-0.2, -0.15) is 0 Å². The van der Waals surface area contributed by atoms with Crippen LogP contribution >= 0.6 is 0 Å². The maximum Gasteiger partial charge on any atom is 0.305 e. The van der Waals surface area contributed by atoms with Gasteiger partial charge in [0.05, 0.1) is 4.92 Å². The summed E-state index contributed by atoms with van der Waals surface area (Å²) in [4.78, 5) is 22.4. The van der Waals surface area contributed by atoms with Gasteiger partial charge in [0.25, 0.3) is 5.69 Å². The molecule has 2 rings (SSSR count). The molecule has 1 saturated heterocycles. The third-order valence-electron chi connectivity index (χ3n) is 6.86. The van der Waals surface area contributed by atoms with Crippen LogP contribution in [0, 0.1) is 10.1 Å². The smallest absolute Gasteiger partial charge is 0.305 e. The van der Waals surface area contributed by atoms with E-state index in [1.807, 2.05) is 0 Å². The number of nitro groups is 1. The molecule has 1 aromatic rings. The van der Waals surface area contributed by atoms with E-state index in [1.165, 1.54) is 88.5 Å². The normalized spacial score (nSPS) is 23.2. The molecule has 0 aromatic heterocycles. The highest BCUT2D eigenvalue weighted by atomic mass is 16.7. The van der Waals surface area contributed by atoms with Gasteiger partial charge < -0.3 is 29.5 Å². The molecule has 1 aromatic carbocycles. The Morgan fingerprint density at radius 1 is 0.842 bits per heavy atom. The molecule has 0 unspecified atom stereocenters. The van der Waals surface area contributed by atoms with Crippen LogP contribution < -0.4 is 4.74 Å². The first kappa shape index (κ1) is 31.9. The molecule has 10 nitrogen and oxygen atoms in total. The molecule has 0 bridgehead atoms. The molecule has 1 aliphatic heterocycles. The lowest BCUT2D eigenvalue weighted by Gasteiger charge is -2.39. The van der Waals surface area contributed by atoms with Crippen molar-refractivity contribution in [2.75, 3.05) is 6.61 Å². The fraction of sp³-hybridized carbons (Fsp3) is 0.750. The average molecular weight is 540 g/mol. The minimum Gasteiger partial charge on any atom is -0.463 e. The minimum absolute atomic E-state index is 0.133. The molecule has 216 valence electrons. The molecule has 1 heterocycles. The van der Waals surface area contributed by atoms with Crippen LogP contribution in [0.15, 0.2) is 24.3 Å². The lowest BCUT2D eigenvalue weighted by atomic mass is 9.99. The van der Waals surface area contributed by atoms with Crippen molar-refractivity contribution in [2.24, 2.45) is 0 Å². The van der Waals surface area contributed by atoms with E-state index in [1.54, 1.807) is 0 Å². The molecule has 0 spiro atoms. The number of ether oxygens (including phenoxy) is 3. The van der Waals surface area contributed by atoms with Gasteiger partial charge in [-0.05, 0) is 18.6 Å². The average Bonchev–Trinajstić information content (AvgIpc) is 2.91. The molecule has 0 saturated carbocycles. The van der Waals surface area contributed by atoms with Gasteiger partial charge in [-0.3, -0.25) is 14.9 Å². The number of rotatable bonds is 19. The minimum atomic E-state index is -1.59. The molecule has 0 radical (unpaired) electrons. The third-order valence-corrected chi connectivity index (χ3v) is 6.86. The van der Waals surface area contributed by atoms with Crippen LogP contribution in [-0.2, 0) is 14.3 Å². The Morgan fingerprint density at radius 2 is 1.37 bits per heavy atom. The largest absolute Gasteiger partial charge is 0.463 e. The summed E-state index contributed by atoms with van der Waals surface area (Å²) < 4.78 is 16.3. The number of aliphatic hydroxyl groups is 3. The second-order valence-electron chi connectivity index (χ2n) is 10.1. The summed E-state index contributed by atoms with van der Waals surface area (Å²) in [6.07, 6.45) is 8.90. The summed E-state index contributed by atoms with van der Waals surface area (Å²) in [5.74, 6) is -0.251. The second kappa shape index (κ2) is 18.1. The van der Waals surface area contributed by atoms with Gasteiger partial charge in [0.1, 0.15) is 36.8 Å². The maximum absolute atomic E-state index is 12.1. The van der Waals surface area contributed by atoms with E-state index in [2.05, 4.69) is 6.92 Å². The number of nitrogens with zero attached hydrogens (tertiary/aromatic N) is 1. The Balaban J connectivity index is 1.60. The fourth-order valence-electron chi connectivity index (χ4n) is 4.47. The van der Waals surface area contributed by atoms with Gasteiger partial charge in [0.15, 0.2) is 0 Å². The van der Waals surface area contributed by atoms with Crippen molar-refractivity contribution in [1.29, 1.82) is 0 Å². The monoisotopic (exact) mass is 539 g/mol. The van der Waals surface area contributed by atoms with Crippen LogP contribution in [0.1, 0.15) is 96.8 Å². The molecule has 38 heavy (non-hydrogen) atoms. The first-order valence-electron chi connectivity index (χ1n) is 14.1. The van der Waals surface area contributed by atoms with Gasteiger partial charge in [0.2, 0.25) is 6.29 Å². The number of hydrogen-bond acceptors (Lipinski definition) is 9. The van der Waals surface area contributed by atoms with E-state index in [9.17, 15) is 30.2 Å². The van der Waals surface area contributed by atoms with Crippen molar-refractivity contribution in [1.82, 2.24) is 0 Å². The topological polar surface area (TPSA) is 149 Å². The van der Waals surface area contributed by atoms with Crippen LogP contribution in [0.3, 0.4) is 0 Å². The molecule has 0 amide bonds. The van der Waals surface area contributed by atoms with Gasteiger partial charge in [-0.15, -0.1) is 0 Å². The standard InChI is InChI=1S/C28H45NO9/c1-2-3-4-5-6-7-8-9-10-11-12-13-14-15-24(30)36-20-23-25(31)26(32)27(33)28(38-23)37-22-18-16-21(17-19-22)29(34)35/h16-19,23,25-28,31-33H,2-15,20H2,1H3/t23-,25-,26+,27-,28+/m1/s1. The number of hydrogen-bond donors (Lipinski definition) is 3. The maximum atomic E-state index is 12.1. The first-order valence-corrected chi connectivity index (χ1v) is 14.1. The van der Waals surface area contributed by atoms with Crippen molar-refractivity contribution in [3.63, 3.8) is 0 Å². The second-order valence-corrected chi connectivity index (χ2v) is 10.1. The predicted octanol–water partition coefficient (Wildman–Crippen LogP) is 4.81. The van der Waals surface area contributed by atoms with Gasteiger partial charge in [0, 0.05) is 18.6 Å². The lowest BCUT2D eigenvalue weighted by molar-refractivity contribution is -0.384. The Morgan fingerprint density at radius 3 is 1.89 bits per heavy atom. The van der Waals surface area contributed by atoms with Crippen LogP contribution in [0.4, 0.5) is 5.69 Å². The summed E-state index contributed by atoms with van der Waals surface area (Å²) in [6.45, 7) is 1.93. The molecule has 1 aliphatic rings. The molecule has 1 fully saturated rings. The number of esters is 1. The SMILES string of the molecule is CCCCCCCCCCCCCCCC(=O)OC[C@H]1O[C@H](Oc2ccc([N+](=O)[O-])cc2)[C@H](O)[C@@H](O)[C@@H]1O. The summed E-state index contributed by atoms with van der Waals surface area (Å²) in [5, 5.41) is 41.4. The molecule has 5 atom stereocenters. The van der Waals surface area contributed by atoms with E-state index >= 15 is 0 Å². The van der Waals surface area contributed by atoms with E-state index in [0.717, 1.165) is 19.3 Å². The van der Waals surface area contributed by atoms with Crippen LogP contribution in [0.5, 0.6) is 5.75 Å². The summed E-state index contributed by atoms with van der Waals surface area (Å²) >= 11 is 0. The van der Waals surface area contributed by atoms with Crippen molar-refractivity contribution in [2.45, 2.75) is 128 Å². The highest BCUT2D eigenvalue weighted by Crippen LogP contribution is 2.26. The van der Waals surface area contributed by atoms with Crippen LogP contribution in [0.25, 0.3) is 0 Å². The van der Waals surface area contributed by atoms with Gasteiger partial charge in [-0.25, -0.2) is 0 Å². The molecule has 10 heteroatoms. The third kappa shape index (κ3) is 11.6. The highest BCUT2D eigenvalue weighted by molar-refractivity contribution is 5.69. The number of carbonyl (C=O) groups excluding carboxylic acids is 1. The van der Waals surface area contributed by atoms with Crippen molar-refractivity contribution < 1.29 is 39.2 Å². The van der Waals surface area contributed by atoms with Gasteiger partial charge in [-0.1, -0.05) is 84.0 Å². The first-order chi connectivity index (χ1) is 18.3. The Kier molecular flexibility index (Phi) is 15.2. The quantitative estimate of drug-likeness (QED) is 0.0975. The summed E-state index contributed by atoms with van der Waals surface area (Å²) in [6, 6.07) is 5.11. The Bertz CT molecular complexity index is 804. The van der Waals surface area contributed by atoms with Crippen molar-refractivity contribution in [3.8, 4) is 5.75 Å². The predicted molar refractivity (Wildman–Crippen MR) is 142 cm³/mol. The van der Waals surface area contributed by atoms with E-state index in [4.69, 9.17) is 14.2 Å². The van der Waals surface area contributed by atoms with Crippen LogP contribution in [-0.4, -0.2) is 63.5 Å². The zero-order valence-corrected chi connectivity index (χ0v) is 22.5. The zero-order chi connectivity index (χ0) is 27.8. The fourth-order valence-corrected chi connectivity index (χ4v) is 4.47. The van der Waals surface area contributed by atoms with Gasteiger partial charge >= 0.3 is 5.97 Å². The molecule has 3 N–H and O–H groups in total. The highest BCUT2D eigenvalue weighted by Gasteiger charge is 2.45. The van der Waals surface area contributed by atoms with E-state index < -0.39 is 41.6 Å².